The first-order valence-electron chi connectivity index (χ1n) is 5.31. The van der Waals surface area contributed by atoms with Crippen LogP contribution >= 0.6 is 11.8 Å². The first-order chi connectivity index (χ1) is 7.33. The molecule has 15 heavy (non-hydrogen) atoms. The van der Waals surface area contributed by atoms with Gasteiger partial charge in [-0.1, -0.05) is 30.3 Å². The zero-order valence-corrected chi connectivity index (χ0v) is 9.75. The third kappa shape index (κ3) is 5.82. The highest BCUT2D eigenvalue weighted by molar-refractivity contribution is 7.98. The van der Waals surface area contributed by atoms with Crippen molar-refractivity contribution < 1.29 is 5.11 Å². The number of aliphatic hydroxyl groups is 1. The van der Waals surface area contributed by atoms with Crippen LogP contribution in [0, 0.1) is 0 Å². The molecule has 2 nitrogen and oxygen atoms in total. The van der Waals surface area contributed by atoms with Crippen molar-refractivity contribution in [1.29, 1.82) is 0 Å². The highest BCUT2D eigenvalue weighted by Gasteiger charge is 1.99. The van der Waals surface area contributed by atoms with E-state index < -0.39 is 0 Å². The van der Waals surface area contributed by atoms with Crippen LogP contribution in [-0.2, 0) is 5.75 Å². The van der Waals surface area contributed by atoms with Crippen LogP contribution in [0.4, 0.5) is 0 Å². The molecule has 0 unspecified atom stereocenters. The van der Waals surface area contributed by atoms with E-state index in [4.69, 9.17) is 10.8 Å². The van der Waals surface area contributed by atoms with Crippen LogP contribution < -0.4 is 5.73 Å². The zero-order chi connectivity index (χ0) is 10.9. The number of nitrogens with two attached hydrogens (primary N) is 1. The summed E-state index contributed by atoms with van der Waals surface area (Å²) in [5.74, 6) is 2.18. The highest BCUT2D eigenvalue weighted by atomic mass is 32.2. The third-order valence-electron chi connectivity index (χ3n) is 2.21. The molecule has 0 fully saturated rings. The molecule has 0 saturated heterocycles. The van der Waals surface area contributed by atoms with Crippen molar-refractivity contribution in [1.82, 2.24) is 0 Å². The van der Waals surface area contributed by atoms with Crippen LogP contribution in [0.15, 0.2) is 30.3 Å². The van der Waals surface area contributed by atoms with E-state index in [1.165, 1.54) is 5.56 Å². The summed E-state index contributed by atoms with van der Waals surface area (Å²) >= 11 is 1.92. The van der Waals surface area contributed by atoms with Crippen molar-refractivity contribution in [3.8, 4) is 0 Å². The Bertz CT molecular complexity index is 253. The number of hydrogen-bond acceptors (Lipinski definition) is 3. The first-order valence-corrected chi connectivity index (χ1v) is 6.46. The SMILES string of the molecule is N[C@H](CO)CCCSCc1ccccc1. The zero-order valence-electron chi connectivity index (χ0n) is 8.93. The smallest absolute Gasteiger partial charge is 0.0582 e. The first kappa shape index (κ1) is 12.6. The van der Waals surface area contributed by atoms with Gasteiger partial charge >= 0.3 is 0 Å². The second kappa shape index (κ2) is 7.74. The Kier molecular flexibility index (Phi) is 6.48. The molecule has 0 aliphatic rings. The lowest BCUT2D eigenvalue weighted by molar-refractivity contribution is 0.259. The Labute approximate surface area is 95.9 Å². The Hall–Kier alpha value is -0.510. The summed E-state index contributed by atoms with van der Waals surface area (Å²) < 4.78 is 0. The number of benzene rings is 1. The van der Waals surface area contributed by atoms with Crippen LogP contribution in [0.3, 0.4) is 0 Å². The van der Waals surface area contributed by atoms with Gasteiger partial charge in [0.2, 0.25) is 0 Å². The topological polar surface area (TPSA) is 46.2 Å². The number of hydrogen-bond donors (Lipinski definition) is 2. The summed E-state index contributed by atoms with van der Waals surface area (Å²) in [5.41, 5.74) is 6.98. The molecule has 0 aliphatic carbocycles. The molecule has 84 valence electrons. The maximum Gasteiger partial charge on any atom is 0.0582 e. The van der Waals surface area contributed by atoms with Crippen molar-refractivity contribution in [2.75, 3.05) is 12.4 Å². The van der Waals surface area contributed by atoms with Crippen LogP contribution in [0.1, 0.15) is 18.4 Å². The molecule has 0 saturated carbocycles. The predicted molar refractivity (Wildman–Crippen MR) is 66.9 cm³/mol. The summed E-state index contributed by atoms with van der Waals surface area (Å²) in [6.45, 7) is 0.101. The molecule has 0 spiro atoms. The van der Waals surface area contributed by atoms with Gasteiger partial charge in [0.1, 0.15) is 0 Å². The van der Waals surface area contributed by atoms with E-state index >= 15 is 0 Å². The van der Waals surface area contributed by atoms with Crippen LogP contribution in [0.2, 0.25) is 0 Å². The van der Waals surface area contributed by atoms with E-state index in [9.17, 15) is 0 Å². The van der Waals surface area contributed by atoms with E-state index in [-0.39, 0.29) is 12.6 Å². The minimum absolute atomic E-state index is 0.0395. The fraction of sp³-hybridized carbons (Fsp3) is 0.500. The number of aliphatic hydroxyl groups excluding tert-OH is 1. The second-order valence-electron chi connectivity index (χ2n) is 3.62. The molecule has 0 aromatic heterocycles. The second-order valence-corrected chi connectivity index (χ2v) is 4.73. The number of rotatable bonds is 7. The lowest BCUT2D eigenvalue weighted by Crippen LogP contribution is -2.24. The van der Waals surface area contributed by atoms with E-state index in [1.54, 1.807) is 0 Å². The van der Waals surface area contributed by atoms with Crippen LogP contribution in [0.5, 0.6) is 0 Å². The summed E-state index contributed by atoms with van der Waals surface area (Å²) in [6, 6.07) is 10.4. The maximum atomic E-state index is 8.74. The van der Waals surface area contributed by atoms with Crippen molar-refractivity contribution in [2.45, 2.75) is 24.6 Å². The van der Waals surface area contributed by atoms with Crippen LogP contribution in [-0.4, -0.2) is 23.5 Å². The molecule has 0 aliphatic heterocycles. The molecule has 3 N–H and O–H groups in total. The molecule has 1 rings (SSSR count). The van der Waals surface area contributed by atoms with Gasteiger partial charge in [-0.3, -0.25) is 0 Å². The van der Waals surface area contributed by atoms with E-state index in [2.05, 4.69) is 24.3 Å². The number of thioether (sulfide) groups is 1. The molecule has 0 radical (unpaired) electrons. The fourth-order valence-corrected chi connectivity index (χ4v) is 2.25. The Balaban J connectivity index is 2.03. The van der Waals surface area contributed by atoms with E-state index in [1.807, 2.05) is 17.8 Å². The summed E-state index contributed by atoms with van der Waals surface area (Å²) in [6.07, 6.45) is 2.00. The van der Waals surface area contributed by atoms with E-state index in [0.29, 0.717) is 0 Å². The molecule has 1 aromatic rings. The third-order valence-corrected chi connectivity index (χ3v) is 3.32. The van der Waals surface area contributed by atoms with Gasteiger partial charge in [-0.05, 0) is 24.2 Å². The van der Waals surface area contributed by atoms with Crippen molar-refractivity contribution >= 4 is 11.8 Å². The molecule has 1 aromatic carbocycles. The van der Waals surface area contributed by atoms with Crippen molar-refractivity contribution in [3.63, 3.8) is 0 Å². The predicted octanol–water partition coefficient (Wildman–Crippen LogP) is 2.02. The van der Waals surface area contributed by atoms with Gasteiger partial charge in [0.15, 0.2) is 0 Å². The lowest BCUT2D eigenvalue weighted by atomic mass is 10.2. The van der Waals surface area contributed by atoms with Gasteiger partial charge in [0.25, 0.3) is 0 Å². The molecule has 1 atom stereocenters. The molecular weight excluding hydrogens is 206 g/mol. The van der Waals surface area contributed by atoms with Gasteiger partial charge in [0, 0.05) is 11.8 Å². The molecule has 0 heterocycles. The Morgan fingerprint density at radius 2 is 2.00 bits per heavy atom. The Morgan fingerprint density at radius 1 is 1.27 bits per heavy atom. The largest absolute Gasteiger partial charge is 0.395 e. The fourth-order valence-electron chi connectivity index (χ4n) is 1.30. The minimum Gasteiger partial charge on any atom is -0.395 e. The quantitative estimate of drug-likeness (QED) is 0.698. The monoisotopic (exact) mass is 225 g/mol. The summed E-state index contributed by atoms with van der Waals surface area (Å²) in [4.78, 5) is 0. The lowest BCUT2D eigenvalue weighted by Gasteiger charge is -2.07. The van der Waals surface area contributed by atoms with Gasteiger partial charge in [-0.25, -0.2) is 0 Å². The normalized spacial score (nSPS) is 12.7. The van der Waals surface area contributed by atoms with Crippen LogP contribution in [0.25, 0.3) is 0 Å². The highest BCUT2D eigenvalue weighted by Crippen LogP contribution is 2.13. The van der Waals surface area contributed by atoms with Crippen molar-refractivity contribution in [3.05, 3.63) is 35.9 Å². The molecule has 0 amide bonds. The average molecular weight is 225 g/mol. The maximum absolute atomic E-state index is 8.74. The standard InChI is InChI=1S/C12H19NOS/c13-12(9-14)7-4-8-15-10-11-5-2-1-3-6-11/h1-3,5-6,12,14H,4,7-10,13H2/t12-/m0/s1. The average Bonchev–Trinajstić information content (AvgIpc) is 2.29. The molecule has 0 bridgehead atoms. The Morgan fingerprint density at radius 3 is 2.67 bits per heavy atom. The summed E-state index contributed by atoms with van der Waals surface area (Å²) in [7, 11) is 0. The molecular formula is C12H19NOS. The van der Waals surface area contributed by atoms with Gasteiger partial charge < -0.3 is 10.8 Å². The van der Waals surface area contributed by atoms with Gasteiger partial charge in [-0.2, -0.15) is 11.8 Å². The van der Waals surface area contributed by atoms with E-state index in [0.717, 1.165) is 24.3 Å². The van der Waals surface area contributed by atoms with Crippen molar-refractivity contribution in [2.24, 2.45) is 5.73 Å². The summed E-state index contributed by atoms with van der Waals surface area (Å²) in [5, 5.41) is 8.74. The minimum atomic E-state index is -0.0395. The van der Waals surface area contributed by atoms with Gasteiger partial charge in [0.05, 0.1) is 6.61 Å². The molecule has 3 heteroatoms. The van der Waals surface area contributed by atoms with Gasteiger partial charge in [-0.15, -0.1) is 0 Å².